The molecule has 13 nitrogen and oxygen atoms in total. The molecule has 2 amide bonds. The molecule has 0 aliphatic carbocycles. The summed E-state index contributed by atoms with van der Waals surface area (Å²) in [5, 5.41) is 11.6. The minimum Gasteiger partial charge on any atom is -0.492 e. The Hall–Kier alpha value is -3.97. The second-order valence-electron chi connectivity index (χ2n) is 9.23. The van der Waals surface area contributed by atoms with Crippen LogP contribution < -0.4 is 21.3 Å². The first-order chi connectivity index (χ1) is 18.2. The fourth-order valence-electron chi connectivity index (χ4n) is 4.47. The van der Waals surface area contributed by atoms with Crippen LogP contribution in [0, 0.1) is 0 Å². The van der Waals surface area contributed by atoms with Gasteiger partial charge in [-0.1, -0.05) is 16.8 Å². The van der Waals surface area contributed by atoms with Gasteiger partial charge >= 0.3 is 5.69 Å². The van der Waals surface area contributed by atoms with Gasteiger partial charge in [0.2, 0.25) is 0 Å². The van der Waals surface area contributed by atoms with Crippen molar-refractivity contribution in [3.8, 4) is 5.75 Å². The molecule has 2 aliphatic heterocycles. The van der Waals surface area contributed by atoms with Crippen LogP contribution in [0.3, 0.4) is 0 Å². The molecule has 0 unspecified atom stereocenters. The molecule has 1 aromatic carbocycles. The van der Waals surface area contributed by atoms with E-state index in [4.69, 9.17) is 21.1 Å². The molecule has 2 atom stereocenters. The van der Waals surface area contributed by atoms with Crippen molar-refractivity contribution < 1.29 is 19.1 Å². The number of fused-ring (bicyclic) bond motifs is 5. The topological polar surface area (TPSA) is 143 Å². The predicted octanol–water partition coefficient (Wildman–Crippen LogP) is -0.0488. The first-order valence-corrected chi connectivity index (χ1v) is 12.4. The van der Waals surface area contributed by atoms with E-state index >= 15 is 0 Å². The summed E-state index contributed by atoms with van der Waals surface area (Å²) in [6, 6.07) is 5.29. The summed E-state index contributed by atoms with van der Waals surface area (Å²) in [5.41, 5.74) is -0.321. The van der Waals surface area contributed by atoms with Crippen LogP contribution in [0.2, 0.25) is 5.02 Å². The van der Waals surface area contributed by atoms with Crippen molar-refractivity contribution in [1.82, 2.24) is 34.3 Å². The van der Waals surface area contributed by atoms with E-state index in [1.807, 2.05) is 0 Å². The minimum absolute atomic E-state index is 0.0512. The molecular weight excluding hydrogens is 518 g/mol. The van der Waals surface area contributed by atoms with Gasteiger partial charge in [0.1, 0.15) is 17.1 Å². The van der Waals surface area contributed by atoms with Crippen molar-refractivity contribution in [2.45, 2.75) is 31.7 Å². The molecule has 0 radical (unpaired) electrons. The lowest BCUT2D eigenvalue weighted by atomic mass is 10.1. The van der Waals surface area contributed by atoms with E-state index < -0.39 is 35.2 Å². The van der Waals surface area contributed by atoms with Gasteiger partial charge in [0.05, 0.1) is 36.6 Å². The second kappa shape index (κ2) is 10.4. The molecule has 3 aromatic rings. The number of hydrogen-bond acceptors (Lipinski definition) is 8. The van der Waals surface area contributed by atoms with Crippen molar-refractivity contribution in [2.75, 3.05) is 19.7 Å². The van der Waals surface area contributed by atoms with Crippen LogP contribution in [0.15, 0.2) is 40.1 Å². The van der Waals surface area contributed by atoms with Crippen molar-refractivity contribution in [2.24, 2.45) is 14.1 Å². The Bertz CT molecular complexity index is 1510. The van der Waals surface area contributed by atoms with Gasteiger partial charge in [0.15, 0.2) is 0 Å². The average Bonchev–Trinajstić information content (AvgIpc) is 3.53. The van der Waals surface area contributed by atoms with Gasteiger partial charge in [-0.15, -0.1) is 5.10 Å². The summed E-state index contributed by atoms with van der Waals surface area (Å²) in [4.78, 5) is 52.5. The fourth-order valence-corrected chi connectivity index (χ4v) is 4.64. The third kappa shape index (κ3) is 5.07. The molecule has 2 aromatic heterocycles. The number of hydrogen-bond donors (Lipinski definition) is 1. The molecule has 2 aliphatic rings. The zero-order chi connectivity index (χ0) is 27.0. The van der Waals surface area contributed by atoms with E-state index in [1.165, 1.54) is 19.0 Å². The zero-order valence-corrected chi connectivity index (χ0v) is 21.6. The largest absolute Gasteiger partial charge is 0.492 e. The Morgan fingerprint density at radius 3 is 2.76 bits per heavy atom. The van der Waals surface area contributed by atoms with Crippen molar-refractivity contribution in [3.63, 3.8) is 0 Å². The maximum absolute atomic E-state index is 13.4. The van der Waals surface area contributed by atoms with Crippen LogP contribution in [-0.2, 0) is 32.0 Å². The number of aromatic nitrogens is 5. The van der Waals surface area contributed by atoms with E-state index in [9.17, 15) is 19.2 Å². The van der Waals surface area contributed by atoms with E-state index in [1.54, 1.807) is 29.1 Å². The lowest BCUT2D eigenvalue weighted by Gasteiger charge is -2.20. The fraction of sp³-hybridized carbons (Fsp3) is 0.417. The van der Waals surface area contributed by atoms with E-state index in [0.29, 0.717) is 41.6 Å². The Kier molecular flexibility index (Phi) is 7.04. The molecule has 4 heterocycles. The van der Waals surface area contributed by atoms with Gasteiger partial charge in [-0.05, 0) is 18.2 Å². The molecule has 1 N–H and O–H groups in total. The molecule has 4 bridgehead atoms. The number of amides is 2. The molecule has 0 saturated carbocycles. The summed E-state index contributed by atoms with van der Waals surface area (Å²) in [5.74, 6) is -0.529. The smallest absolute Gasteiger partial charge is 0.331 e. The van der Waals surface area contributed by atoms with Gasteiger partial charge in [0.25, 0.3) is 17.4 Å². The van der Waals surface area contributed by atoms with E-state index in [2.05, 4.69) is 15.6 Å². The number of rotatable bonds is 1. The van der Waals surface area contributed by atoms with Crippen LogP contribution in [0.5, 0.6) is 5.75 Å². The normalized spacial score (nSPS) is 20.0. The quantitative estimate of drug-likeness (QED) is 0.450. The summed E-state index contributed by atoms with van der Waals surface area (Å²) in [6.45, 7) is 1.27. The van der Waals surface area contributed by atoms with Crippen LogP contribution in [0.25, 0.3) is 0 Å². The molecule has 1 fully saturated rings. The molecule has 0 spiro atoms. The Balaban J connectivity index is 1.44. The maximum Gasteiger partial charge on any atom is 0.331 e. The van der Waals surface area contributed by atoms with Gasteiger partial charge in [0, 0.05) is 51.8 Å². The van der Waals surface area contributed by atoms with Gasteiger partial charge in [-0.3, -0.25) is 28.2 Å². The van der Waals surface area contributed by atoms with Crippen LogP contribution in [0.4, 0.5) is 0 Å². The van der Waals surface area contributed by atoms with Crippen molar-refractivity contribution >= 4 is 23.4 Å². The number of halogens is 1. The monoisotopic (exact) mass is 543 g/mol. The highest BCUT2D eigenvalue weighted by Gasteiger charge is 2.38. The number of aryl methyl sites for hydroxylation is 1. The minimum atomic E-state index is -0.612. The van der Waals surface area contributed by atoms with Crippen LogP contribution in [-0.4, -0.2) is 72.7 Å². The number of carbonyl (C=O) groups is 2. The zero-order valence-electron chi connectivity index (χ0n) is 20.8. The highest BCUT2D eigenvalue weighted by atomic mass is 35.5. The number of nitrogens with one attached hydrogen (secondary N) is 1. The second-order valence-corrected chi connectivity index (χ2v) is 9.64. The highest BCUT2D eigenvalue weighted by Crippen LogP contribution is 2.26. The Morgan fingerprint density at radius 2 is 1.95 bits per heavy atom. The summed E-state index contributed by atoms with van der Waals surface area (Å²) >= 11 is 6.26. The van der Waals surface area contributed by atoms with Gasteiger partial charge in [-0.25, -0.2) is 4.79 Å². The number of benzene rings is 1. The molecule has 200 valence electrons. The number of ether oxygens (including phenoxy) is 2. The molecule has 5 rings (SSSR count). The summed E-state index contributed by atoms with van der Waals surface area (Å²) in [7, 11) is 2.77. The summed E-state index contributed by atoms with van der Waals surface area (Å²) < 4.78 is 15.6. The first kappa shape index (κ1) is 25.7. The van der Waals surface area contributed by atoms with E-state index in [-0.39, 0.29) is 25.4 Å². The molecular formula is C24H26ClN7O6. The van der Waals surface area contributed by atoms with Gasteiger partial charge < -0.3 is 19.7 Å². The maximum atomic E-state index is 13.4. The Morgan fingerprint density at radius 1 is 1.13 bits per heavy atom. The number of likely N-dealkylation sites (tertiary alicyclic amines) is 1. The van der Waals surface area contributed by atoms with Crippen LogP contribution >= 0.6 is 11.6 Å². The lowest BCUT2D eigenvalue weighted by Crippen LogP contribution is -2.44. The summed E-state index contributed by atoms with van der Waals surface area (Å²) in [6.07, 6.45) is 1.82. The molecule has 1 saturated heterocycles. The third-order valence-corrected chi connectivity index (χ3v) is 6.94. The standard InChI is InChI=1S/C24H26ClN7O6/c1-29-18(9-21(33)30(2)24(29)36)23(35)31-11-17-20(12-31)38-13-15-10-32(28-27-15)6-3-7-37-19-8-14(22(34)26-17)4-5-16(19)25/h4-5,8-10,17,20H,3,6-7,11-13H2,1-2H3,(H,26,34)/t17-,20-/m0/s1. The molecule has 14 heteroatoms. The Labute approximate surface area is 221 Å². The number of carbonyl (C=O) groups excluding carboxylic acids is 2. The lowest BCUT2D eigenvalue weighted by molar-refractivity contribution is 0.0290. The highest BCUT2D eigenvalue weighted by molar-refractivity contribution is 6.32. The first-order valence-electron chi connectivity index (χ1n) is 12.0. The number of nitrogens with zero attached hydrogens (tertiary/aromatic N) is 6. The van der Waals surface area contributed by atoms with E-state index in [0.717, 1.165) is 15.2 Å². The van der Waals surface area contributed by atoms with Crippen LogP contribution in [0.1, 0.15) is 33.0 Å². The molecule has 38 heavy (non-hydrogen) atoms. The third-order valence-electron chi connectivity index (χ3n) is 6.63. The SMILES string of the molecule is Cn1c(C(=O)N2C[C@@H]3NC(=O)c4ccc(Cl)c(c4)OCCCn4cc(nn4)CO[C@H]3C2)cc(=O)n(C)c1=O. The average molecular weight is 544 g/mol. The van der Waals surface area contributed by atoms with Crippen molar-refractivity contribution in [1.29, 1.82) is 0 Å². The van der Waals surface area contributed by atoms with Gasteiger partial charge in [-0.2, -0.15) is 0 Å². The predicted molar refractivity (Wildman–Crippen MR) is 134 cm³/mol. The van der Waals surface area contributed by atoms with Crippen molar-refractivity contribution in [3.05, 3.63) is 73.3 Å².